The summed E-state index contributed by atoms with van der Waals surface area (Å²) in [5, 5.41) is 2.63. The van der Waals surface area contributed by atoms with Gasteiger partial charge in [-0.1, -0.05) is 42.5 Å². The maximum absolute atomic E-state index is 11.8. The van der Waals surface area contributed by atoms with Crippen LogP contribution in [-0.4, -0.2) is 11.7 Å². The first-order valence-electron chi connectivity index (χ1n) is 5.89. The van der Waals surface area contributed by atoms with Gasteiger partial charge in [-0.2, -0.15) is 0 Å². The first-order valence-corrected chi connectivity index (χ1v) is 5.89. The minimum atomic E-state index is -0.369. The van der Waals surface area contributed by atoms with Gasteiger partial charge in [-0.3, -0.25) is 9.59 Å². The molecule has 0 fully saturated rings. The number of nitrogens with one attached hydrogen (secondary N) is 1. The van der Waals surface area contributed by atoms with Crippen LogP contribution in [0.3, 0.4) is 0 Å². The van der Waals surface area contributed by atoms with Crippen LogP contribution in [0, 0.1) is 0 Å². The summed E-state index contributed by atoms with van der Waals surface area (Å²) in [6.45, 7) is 0. The van der Waals surface area contributed by atoms with Gasteiger partial charge in [0.2, 0.25) is 5.91 Å². The van der Waals surface area contributed by atoms with Gasteiger partial charge in [0.25, 0.3) is 0 Å². The number of hydrogen-bond acceptors (Lipinski definition) is 3. The number of nitrogen functional groups attached to an aromatic ring is 1. The van der Waals surface area contributed by atoms with Crippen molar-refractivity contribution in [3.05, 3.63) is 60.2 Å². The van der Waals surface area contributed by atoms with Gasteiger partial charge in [0.05, 0.1) is 17.8 Å². The molecule has 0 atom stereocenters. The minimum Gasteiger partial charge on any atom is -0.397 e. The molecule has 4 nitrogen and oxygen atoms in total. The van der Waals surface area contributed by atoms with Gasteiger partial charge in [0, 0.05) is 5.56 Å². The van der Waals surface area contributed by atoms with E-state index in [1.54, 1.807) is 48.5 Å². The zero-order chi connectivity index (χ0) is 13.7. The smallest absolute Gasteiger partial charge is 0.232 e. The van der Waals surface area contributed by atoms with Crippen LogP contribution in [0.5, 0.6) is 0 Å². The summed E-state index contributed by atoms with van der Waals surface area (Å²) in [6.07, 6.45) is -0.196. The fourth-order valence-corrected chi connectivity index (χ4v) is 1.68. The summed E-state index contributed by atoms with van der Waals surface area (Å²) < 4.78 is 0. The van der Waals surface area contributed by atoms with Crippen molar-refractivity contribution >= 4 is 23.1 Å². The van der Waals surface area contributed by atoms with Crippen molar-refractivity contribution in [1.82, 2.24) is 0 Å². The highest BCUT2D eigenvalue weighted by Gasteiger charge is 2.12. The highest BCUT2D eigenvalue weighted by Crippen LogP contribution is 2.17. The molecule has 1 amide bonds. The quantitative estimate of drug-likeness (QED) is 0.500. The van der Waals surface area contributed by atoms with E-state index in [-0.39, 0.29) is 18.1 Å². The Morgan fingerprint density at radius 1 is 0.947 bits per heavy atom. The van der Waals surface area contributed by atoms with Crippen molar-refractivity contribution in [1.29, 1.82) is 0 Å². The summed E-state index contributed by atoms with van der Waals surface area (Å²) in [4.78, 5) is 23.6. The molecular weight excluding hydrogens is 240 g/mol. The van der Waals surface area contributed by atoms with Crippen molar-refractivity contribution in [2.45, 2.75) is 6.42 Å². The van der Waals surface area contributed by atoms with E-state index >= 15 is 0 Å². The largest absolute Gasteiger partial charge is 0.397 e. The lowest BCUT2D eigenvalue weighted by molar-refractivity contribution is -0.115. The van der Waals surface area contributed by atoms with Crippen molar-refractivity contribution < 1.29 is 9.59 Å². The number of hydrogen-bond donors (Lipinski definition) is 2. The standard InChI is InChI=1S/C15H14N2O2/c16-12-8-4-5-9-13(12)17-15(19)10-14(18)11-6-2-1-3-7-11/h1-9H,10,16H2,(H,17,19). The van der Waals surface area contributed by atoms with Crippen LogP contribution >= 0.6 is 0 Å². The Kier molecular flexibility index (Phi) is 3.93. The number of Topliss-reactive ketones (excluding diaryl/α,β-unsaturated/α-hetero) is 1. The molecule has 2 aromatic carbocycles. The van der Waals surface area contributed by atoms with Crippen molar-refractivity contribution in [3.63, 3.8) is 0 Å². The highest BCUT2D eigenvalue weighted by molar-refractivity contribution is 6.11. The molecule has 0 aliphatic carbocycles. The van der Waals surface area contributed by atoms with E-state index in [4.69, 9.17) is 5.73 Å². The van der Waals surface area contributed by atoms with Gasteiger partial charge in [0.15, 0.2) is 5.78 Å². The molecule has 2 rings (SSSR count). The van der Waals surface area contributed by atoms with E-state index in [0.717, 1.165) is 0 Å². The Hall–Kier alpha value is -2.62. The zero-order valence-electron chi connectivity index (χ0n) is 10.3. The van der Waals surface area contributed by atoms with E-state index in [1.165, 1.54) is 0 Å². The third-order valence-electron chi connectivity index (χ3n) is 2.65. The molecule has 0 bridgehead atoms. The molecule has 0 saturated heterocycles. The number of nitrogens with two attached hydrogens (primary N) is 1. The lowest BCUT2D eigenvalue weighted by Crippen LogP contribution is -2.17. The maximum Gasteiger partial charge on any atom is 0.232 e. The number of benzene rings is 2. The average molecular weight is 254 g/mol. The van der Waals surface area contributed by atoms with Gasteiger partial charge in [0.1, 0.15) is 0 Å². The number of anilines is 2. The lowest BCUT2D eigenvalue weighted by Gasteiger charge is -2.07. The summed E-state index contributed by atoms with van der Waals surface area (Å²) in [5.74, 6) is -0.584. The molecule has 0 aromatic heterocycles. The van der Waals surface area contributed by atoms with Crippen molar-refractivity contribution in [3.8, 4) is 0 Å². The normalized spacial score (nSPS) is 9.89. The predicted octanol–water partition coefficient (Wildman–Crippen LogP) is 2.48. The highest BCUT2D eigenvalue weighted by atomic mass is 16.2. The van der Waals surface area contributed by atoms with Gasteiger partial charge in [-0.25, -0.2) is 0 Å². The Labute approximate surface area is 111 Å². The number of rotatable bonds is 4. The Morgan fingerprint density at radius 3 is 2.26 bits per heavy atom. The van der Waals surface area contributed by atoms with E-state index < -0.39 is 0 Å². The molecule has 4 heteroatoms. The predicted molar refractivity (Wildman–Crippen MR) is 74.9 cm³/mol. The van der Waals surface area contributed by atoms with Gasteiger partial charge < -0.3 is 11.1 Å². The van der Waals surface area contributed by atoms with Crippen LogP contribution in [0.4, 0.5) is 11.4 Å². The van der Waals surface area contributed by atoms with Gasteiger partial charge in [-0.15, -0.1) is 0 Å². The third kappa shape index (κ3) is 3.42. The molecule has 0 spiro atoms. The summed E-state index contributed by atoms with van der Waals surface area (Å²) in [6, 6.07) is 15.7. The second-order valence-electron chi connectivity index (χ2n) is 4.10. The van der Waals surface area contributed by atoms with Gasteiger partial charge in [-0.05, 0) is 12.1 Å². The fourth-order valence-electron chi connectivity index (χ4n) is 1.68. The molecule has 0 heterocycles. The molecule has 0 unspecified atom stereocenters. The van der Waals surface area contributed by atoms with Crippen LogP contribution in [0.25, 0.3) is 0 Å². The van der Waals surface area contributed by atoms with E-state index in [2.05, 4.69) is 5.32 Å². The minimum absolute atomic E-state index is 0.196. The molecule has 0 radical (unpaired) electrons. The lowest BCUT2D eigenvalue weighted by atomic mass is 10.1. The van der Waals surface area contributed by atoms with E-state index in [9.17, 15) is 9.59 Å². The second-order valence-corrected chi connectivity index (χ2v) is 4.10. The number of para-hydroxylation sites is 2. The van der Waals surface area contributed by atoms with Crippen LogP contribution < -0.4 is 11.1 Å². The van der Waals surface area contributed by atoms with Crippen LogP contribution in [0.2, 0.25) is 0 Å². The Bertz CT molecular complexity index is 594. The molecule has 96 valence electrons. The van der Waals surface area contributed by atoms with Gasteiger partial charge >= 0.3 is 0 Å². The molecule has 0 saturated carbocycles. The molecular formula is C15H14N2O2. The maximum atomic E-state index is 11.8. The van der Waals surface area contributed by atoms with Crippen LogP contribution in [-0.2, 0) is 4.79 Å². The summed E-state index contributed by atoms with van der Waals surface area (Å²) >= 11 is 0. The SMILES string of the molecule is Nc1ccccc1NC(=O)CC(=O)c1ccccc1. The average Bonchev–Trinajstić information content (AvgIpc) is 2.42. The van der Waals surface area contributed by atoms with E-state index in [1.807, 2.05) is 6.07 Å². The zero-order valence-corrected chi connectivity index (χ0v) is 10.3. The monoisotopic (exact) mass is 254 g/mol. The van der Waals surface area contributed by atoms with E-state index in [0.29, 0.717) is 16.9 Å². The fraction of sp³-hybridized carbons (Fsp3) is 0.0667. The first-order chi connectivity index (χ1) is 9.16. The molecule has 2 aromatic rings. The molecule has 0 aliphatic heterocycles. The van der Waals surface area contributed by atoms with Crippen molar-refractivity contribution in [2.75, 3.05) is 11.1 Å². The van der Waals surface area contributed by atoms with Crippen LogP contribution in [0.1, 0.15) is 16.8 Å². The molecule has 19 heavy (non-hydrogen) atoms. The second kappa shape index (κ2) is 5.82. The van der Waals surface area contributed by atoms with Crippen molar-refractivity contribution in [2.24, 2.45) is 0 Å². The third-order valence-corrected chi connectivity index (χ3v) is 2.65. The number of carbonyl (C=O) groups excluding carboxylic acids is 2. The van der Waals surface area contributed by atoms with Crippen LogP contribution in [0.15, 0.2) is 54.6 Å². The Morgan fingerprint density at radius 2 is 1.58 bits per heavy atom. The molecule has 0 aliphatic rings. The summed E-state index contributed by atoms with van der Waals surface area (Å²) in [5.41, 5.74) is 7.23. The Balaban J connectivity index is 1.99. The first kappa shape index (κ1) is 12.8. The molecule has 3 N–H and O–H groups in total. The number of carbonyl (C=O) groups is 2. The topological polar surface area (TPSA) is 72.2 Å². The number of ketones is 1. The number of amides is 1. The summed E-state index contributed by atoms with van der Waals surface area (Å²) in [7, 11) is 0.